The highest BCUT2D eigenvalue weighted by atomic mass is 16.5. The molecule has 2 aromatic rings. The van der Waals surface area contributed by atoms with E-state index in [1.54, 1.807) is 11.9 Å². The lowest BCUT2D eigenvalue weighted by Crippen LogP contribution is -2.45. The molecule has 0 bridgehead atoms. The lowest BCUT2D eigenvalue weighted by Gasteiger charge is -2.30. The minimum atomic E-state index is -0.569. The molecule has 25 heavy (non-hydrogen) atoms. The monoisotopic (exact) mass is 345 g/mol. The number of hydrogen-bond donors (Lipinski definition) is 2. The summed E-state index contributed by atoms with van der Waals surface area (Å²) in [5.74, 6) is -0.103. The molecule has 6 nitrogen and oxygen atoms in total. The van der Waals surface area contributed by atoms with Crippen LogP contribution in [0.2, 0.25) is 0 Å². The van der Waals surface area contributed by atoms with Crippen molar-refractivity contribution >= 4 is 16.8 Å². The number of β-amino-alcohol motifs (C(OH)–C–C–N with tert-alkyl or cyclic N) is 1. The average Bonchev–Trinajstić information content (AvgIpc) is 2.99. The van der Waals surface area contributed by atoms with E-state index < -0.39 is 6.10 Å². The topological polar surface area (TPSA) is 68.8 Å². The second-order valence-electron chi connectivity index (χ2n) is 6.98. The number of nitrogens with zero attached hydrogens (tertiary/aromatic N) is 2. The predicted molar refractivity (Wildman–Crippen MR) is 98.0 cm³/mol. The van der Waals surface area contributed by atoms with Gasteiger partial charge in [0.25, 0.3) is 5.91 Å². The van der Waals surface area contributed by atoms with Crippen molar-refractivity contribution in [1.82, 2.24) is 14.8 Å². The van der Waals surface area contributed by atoms with Crippen LogP contribution in [0.15, 0.2) is 18.2 Å². The van der Waals surface area contributed by atoms with Gasteiger partial charge in [-0.05, 0) is 37.1 Å². The first-order valence-corrected chi connectivity index (χ1v) is 8.77. The molecular formula is C19H27N3O3. The van der Waals surface area contributed by atoms with E-state index in [1.807, 2.05) is 26.0 Å². The third-order valence-corrected chi connectivity index (χ3v) is 4.72. The Balaban J connectivity index is 1.64. The maximum Gasteiger partial charge on any atom is 0.270 e. The second-order valence-corrected chi connectivity index (χ2v) is 6.98. The summed E-state index contributed by atoms with van der Waals surface area (Å²) in [7, 11) is 1.73. The van der Waals surface area contributed by atoms with Crippen molar-refractivity contribution in [3.63, 3.8) is 0 Å². The van der Waals surface area contributed by atoms with Gasteiger partial charge in [-0.1, -0.05) is 6.07 Å². The van der Waals surface area contributed by atoms with Gasteiger partial charge in [-0.25, -0.2) is 0 Å². The predicted octanol–water partition coefficient (Wildman–Crippen LogP) is 1.55. The van der Waals surface area contributed by atoms with E-state index in [0.29, 0.717) is 32.0 Å². The van der Waals surface area contributed by atoms with Gasteiger partial charge in [-0.2, -0.15) is 0 Å². The normalized spacial score (nSPS) is 17.0. The van der Waals surface area contributed by atoms with Gasteiger partial charge in [0.15, 0.2) is 0 Å². The van der Waals surface area contributed by atoms with Crippen molar-refractivity contribution in [2.45, 2.75) is 20.0 Å². The Kier molecular flexibility index (Phi) is 5.42. The van der Waals surface area contributed by atoms with Crippen LogP contribution in [-0.2, 0) is 4.74 Å². The number of aryl methyl sites for hydroxylation is 2. The number of aromatic amines is 1. The summed E-state index contributed by atoms with van der Waals surface area (Å²) < 4.78 is 5.31. The van der Waals surface area contributed by atoms with E-state index >= 15 is 0 Å². The summed E-state index contributed by atoms with van der Waals surface area (Å²) in [5.41, 5.74) is 3.85. The fourth-order valence-corrected chi connectivity index (χ4v) is 3.46. The Morgan fingerprint density at radius 2 is 2.04 bits per heavy atom. The number of hydrogen-bond acceptors (Lipinski definition) is 4. The van der Waals surface area contributed by atoms with E-state index in [2.05, 4.69) is 16.0 Å². The Labute approximate surface area is 148 Å². The number of ether oxygens (including phenoxy) is 1. The van der Waals surface area contributed by atoms with E-state index in [4.69, 9.17) is 4.74 Å². The maximum absolute atomic E-state index is 12.7. The van der Waals surface area contributed by atoms with Crippen molar-refractivity contribution in [1.29, 1.82) is 0 Å². The highest BCUT2D eigenvalue weighted by Gasteiger charge is 2.20. The third kappa shape index (κ3) is 4.21. The lowest BCUT2D eigenvalue weighted by molar-refractivity contribution is 0.00875. The molecule has 1 aromatic carbocycles. The molecule has 0 saturated carbocycles. The average molecular weight is 345 g/mol. The molecular weight excluding hydrogens is 318 g/mol. The summed E-state index contributed by atoms with van der Waals surface area (Å²) in [6.45, 7) is 8.03. The van der Waals surface area contributed by atoms with Crippen LogP contribution in [0.3, 0.4) is 0 Å². The van der Waals surface area contributed by atoms with Crippen LogP contribution in [-0.4, -0.2) is 78.3 Å². The van der Waals surface area contributed by atoms with Crippen LogP contribution in [0.1, 0.15) is 21.6 Å². The zero-order chi connectivity index (χ0) is 18.0. The van der Waals surface area contributed by atoms with Gasteiger partial charge in [0.1, 0.15) is 5.69 Å². The maximum atomic E-state index is 12.7. The largest absolute Gasteiger partial charge is 0.390 e. The summed E-state index contributed by atoms with van der Waals surface area (Å²) in [4.78, 5) is 19.7. The number of likely N-dealkylation sites (N-methyl/N-ethyl adjacent to an activating group) is 1. The molecule has 1 aliphatic rings. The summed E-state index contributed by atoms with van der Waals surface area (Å²) in [5, 5.41) is 11.4. The van der Waals surface area contributed by atoms with Crippen molar-refractivity contribution in [2.75, 3.05) is 46.4 Å². The number of carbonyl (C=O) groups is 1. The summed E-state index contributed by atoms with van der Waals surface area (Å²) in [6, 6.07) is 6.06. The van der Waals surface area contributed by atoms with Gasteiger partial charge in [-0.15, -0.1) is 0 Å². The zero-order valence-corrected chi connectivity index (χ0v) is 15.2. The smallest absolute Gasteiger partial charge is 0.270 e. The minimum Gasteiger partial charge on any atom is -0.390 e. The highest BCUT2D eigenvalue weighted by molar-refractivity contribution is 5.98. The van der Waals surface area contributed by atoms with Gasteiger partial charge >= 0.3 is 0 Å². The molecule has 1 amide bonds. The van der Waals surface area contributed by atoms with Gasteiger partial charge in [0, 0.05) is 44.1 Å². The van der Waals surface area contributed by atoms with Gasteiger partial charge < -0.3 is 19.7 Å². The molecule has 136 valence electrons. The van der Waals surface area contributed by atoms with E-state index in [1.165, 1.54) is 5.56 Å². The molecule has 3 rings (SSSR count). The first kappa shape index (κ1) is 17.9. The number of morpholine rings is 1. The Morgan fingerprint density at radius 3 is 2.76 bits per heavy atom. The molecule has 0 aliphatic carbocycles. The van der Waals surface area contributed by atoms with Gasteiger partial charge in [0.05, 0.1) is 19.3 Å². The number of H-pyrrole nitrogens is 1. The number of nitrogens with one attached hydrogen (secondary N) is 1. The molecule has 1 fully saturated rings. The second kappa shape index (κ2) is 7.56. The van der Waals surface area contributed by atoms with Crippen LogP contribution in [0.4, 0.5) is 0 Å². The molecule has 2 heterocycles. The fraction of sp³-hybridized carbons (Fsp3) is 0.526. The Morgan fingerprint density at radius 1 is 1.32 bits per heavy atom. The number of amides is 1. The Hall–Kier alpha value is -1.89. The van der Waals surface area contributed by atoms with Crippen LogP contribution in [0.25, 0.3) is 10.9 Å². The van der Waals surface area contributed by atoms with Gasteiger partial charge in [-0.3, -0.25) is 9.69 Å². The van der Waals surface area contributed by atoms with Crippen LogP contribution in [0.5, 0.6) is 0 Å². The minimum absolute atomic E-state index is 0.103. The highest BCUT2D eigenvalue weighted by Crippen LogP contribution is 2.22. The van der Waals surface area contributed by atoms with E-state index in [9.17, 15) is 9.90 Å². The molecule has 2 N–H and O–H groups in total. The van der Waals surface area contributed by atoms with Crippen LogP contribution < -0.4 is 0 Å². The number of aliphatic hydroxyl groups is 1. The Bertz CT molecular complexity index is 750. The molecule has 6 heteroatoms. The number of fused-ring (bicyclic) bond motifs is 1. The lowest BCUT2D eigenvalue weighted by atomic mass is 10.1. The van der Waals surface area contributed by atoms with E-state index in [-0.39, 0.29) is 5.91 Å². The summed E-state index contributed by atoms with van der Waals surface area (Å²) in [6.07, 6.45) is -0.569. The third-order valence-electron chi connectivity index (χ3n) is 4.72. The van der Waals surface area contributed by atoms with E-state index in [0.717, 1.165) is 29.6 Å². The van der Waals surface area contributed by atoms with Gasteiger partial charge in [0.2, 0.25) is 0 Å². The molecule has 1 aromatic heterocycles. The first-order chi connectivity index (χ1) is 11.9. The zero-order valence-electron chi connectivity index (χ0n) is 15.2. The van der Waals surface area contributed by atoms with Crippen molar-refractivity contribution in [2.24, 2.45) is 0 Å². The number of benzene rings is 1. The molecule has 1 aliphatic heterocycles. The summed E-state index contributed by atoms with van der Waals surface area (Å²) >= 11 is 0. The molecule has 1 unspecified atom stereocenters. The number of rotatable bonds is 5. The number of carbonyl (C=O) groups excluding carboxylic acids is 1. The number of aliphatic hydroxyl groups excluding tert-OH is 1. The molecule has 0 radical (unpaired) electrons. The van der Waals surface area contributed by atoms with Crippen molar-refractivity contribution in [3.05, 3.63) is 35.0 Å². The molecule has 1 saturated heterocycles. The fourth-order valence-electron chi connectivity index (χ4n) is 3.46. The first-order valence-electron chi connectivity index (χ1n) is 8.77. The standard InChI is InChI=1S/C19H27N3O3/c1-13-8-14(2)16-10-18(20-17(16)9-13)19(24)21(3)11-15(23)12-22-4-6-25-7-5-22/h8-10,15,20,23H,4-7,11-12H2,1-3H3. The molecule has 0 spiro atoms. The van der Waals surface area contributed by atoms with Crippen LogP contribution in [0, 0.1) is 13.8 Å². The van der Waals surface area contributed by atoms with Crippen molar-refractivity contribution < 1.29 is 14.6 Å². The van der Waals surface area contributed by atoms with Crippen molar-refractivity contribution in [3.8, 4) is 0 Å². The quantitative estimate of drug-likeness (QED) is 0.863. The number of aromatic nitrogens is 1. The van der Waals surface area contributed by atoms with Crippen LogP contribution >= 0.6 is 0 Å². The SMILES string of the molecule is Cc1cc(C)c2cc(C(=O)N(C)CC(O)CN3CCOCC3)[nH]c2c1. The molecule has 1 atom stereocenters.